The van der Waals surface area contributed by atoms with Gasteiger partial charge in [0.25, 0.3) is 0 Å². The van der Waals surface area contributed by atoms with E-state index in [2.05, 4.69) is 144 Å². The second-order valence-electron chi connectivity index (χ2n) is 28.7. The van der Waals surface area contributed by atoms with Gasteiger partial charge in [-0.3, -0.25) is 24.0 Å². The molecule has 4 N–H and O–H groups in total. The van der Waals surface area contributed by atoms with E-state index in [1.54, 1.807) is 28.2 Å². The summed E-state index contributed by atoms with van der Waals surface area (Å²) in [6, 6.07) is 42.6. The second-order valence-corrected chi connectivity index (χ2v) is 39.9. The summed E-state index contributed by atoms with van der Waals surface area (Å²) in [5, 5.41) is 31.5. The highest BCUT2D eigenvalue weighted by atomic mass is 28.3. The van der Waals surface area contributed by atoms with Gasteiger partial charge >= 0.3 is 36.1 Å². The number of methoxy groups -OCH3 is 3. The molecule has 0 radical (unpaired) electrons. The van der Waals surface area contributed by atoms with Crippen LogP contribution >= 0.6 is 0 Å². The lowest BCUT2D eigenvalue weighted by Crippen LogP contribution is -2.37. The van der Waals surface area contributed by atoms with Gasteiger partial charge in [-0.15, -0.1) is 0 Å². The van der Waals surface area contributed by atoms with E-state index in [9.17, 15) is 33.6 Å². The first-order valence-corrected chi connectivity index (χ1v) is 44.0. The van der Waals surface area contributed by atoms with Crippen molar-refractivity contribution < 1.29 is 62.4 Å². The van der Waals surface area contributed by atoms with Gasteiger partial charge in [0.15, 0.2) is 6.29 Å². The third kappa shape index (κ3) is 35.6. The molecule has 0 unspecified atom stereocenters. The van der Waals surface area contributed by atoms with Crippen molar-refractivity contribution in [2.75, 3.05) is 140 Å². The number of hydrogen-bond acceptors (Lipinski definition) is 21. The van der Waals surface area contributed by atoms with Gasteiger partial charge in [-0.25, -0.2) is 60.5 Å². The molecule has 0 aliphatic rings. The molecule has 2 amide bonds. The predicted molar refractivity (Wildman–Crippen MR) is 443 cm³/mol. The summed E-state index contributed by atoms with van der Waals surface area (Å²) >= 11 is 0. The lowest BCUT2D eigenvalue weighted by molar-refractivity contribution is -0.141. The number of nitrogens with one attached hydrogen (secondary N) is 3. The Hall–Kier alpha value is -8.80. The molecule has 109 heavy (non-hydrogen) atoms. The first-order valence-electron chi connectivity index (χ1n) is 36.6. The van der Waals surface area contributed by atoms with E-state index in [1.807, 2.05) is 163 Å². The normalized spacial score (nSPS) is 11.1. The van der Waals surface area contributed by atoms with Crippen LogP contribution < -0.4 is 16.2 Å². The quantitative estimate of drug-likeness (QED) is 0.0103. The van der Waals surface area contributed by atoms with Crippen LogP contribution in [0.5, 0.6) is 0 Å². The monoisotopic (exact) mass is 1550 g/mol. The Morgan fingerprint density at radius 3 is 0.945 bits per heavy atom. The van der Waals surface area contributed by atoms with Crippen molar-refractivity contribution in [3.8, 4) is 0 Å². The molecule has 606 valence electrons. The number of aromatic nitrogens is 4. The Bertz CT molecular complexity index is 3880. The molecule has 0 aliphatic carbocycles. The maximum absolute atomic E-state index is 11.4. The smallest absolute Gasteiger partial charge is 0.423 e. The molecule has 0 aliphatic heterocycles. The van der Waals surface area contributed by atoms with E-state index < -0.39 is 22.1 Å². The average molecular weight is 1550 g/mol. The number of para-hydroxylation sites is 4. The zero-order valence-electron chi connectivity index (χ0n) is 69.7. The highest BCUT2D eigenvalue weighted by Crippen LogP contribution is 2.26. The van der Waals surface area contributed by atoms with Gasteiger partial charge in [0.05, 0.1) is 85.6 Å². The Kier molecular flexibility index (Phi) is 44.2. The molecular formula is C79H129N15O13Si2. The summed E-state index contributed by atoms with van der Waals surface area (Å²) in [5.74, 6) is -1.41. The standard InChI is InChI=1S/2C16H23N3O2.C15H21N3O2.C13H13NO3.2C8H20N2O2Si.C3H9N/c2*1-17(2)18(3)12-14-11-13-7-5-6-8-15(13)19(14)10-9-16(20)21-4;1-16(2)17(3)11-13-10-12-6-4-5-7-14(12)18(13)9-8-15(19)20;1-17-13(16)6-7-14-11(9-15)8-10-4-2-3-5-12(10)14;2*1-9-10(2)8(11)12-6-7-13(3,4)5;1-3-4-2/h2*5-8,11H,9-10,12H2,1-4H3;4-7,10H,8-9,11H2,1-3H3,(H,19,20);2-5,8-9H,6-7H2,1H3;2*9H,6-7H2,1-5H3;4H,3H2,1-2H3. The van der Waals surface area contributed by atoms with Crippen LogP contribution in [0, 0.1) is 0 Å². The molecule has 0 spiro atoms. The Morgan fingerprint density at radius 2 is 0.697 bits per heavy atom. The number of ether oxygens (including phenoxy) is 5. The molecule has 8 aromatic rings. The SMILES string of the molecule is CCNC.CN(C)N(C)Cc1cc2ccccc2n1CCC(=O)O.CNN(C)C(=O)OCC[Si](C)(C)C.CNN(C)C(=O)OCC[Si](C)(C)C.COC(=O)CCn1c(C=O)cc2ccccc21.COC(=O)CCn1c(CN(C)N(C)C)cc2ccccc21.COC(=O)CCn1c(CN(C)N(C)C)cc2ccccc21. The van der Waals surface area contributed by atoms with Crippen LogP contribution in [0.25, 0.3) is 43.6 Å². The lowest BCUT2D eigenvalue weighted by atomic mass is 10.2. The van der Waals surface area contributed by atoms with Gasteiger partial charge in [-0.05, 0) is 90.4 Å². The van der Waals surface area contributed by atoms with E-state index in [-0.39, 0.29) is 42.9 Å². The Morgan fingerprint density at radius 1 is 0.431 bits per heavy atom. The number of rotatable bonds is 31. The van der Waals surface area contributed by atoms with Gasteiger partial charge in [-0.1, -0.05) is 119 Å². The van der Waals surface area contributed by atoms with Crippen LogP contribution in [0.4, 0.5) is 9.59 Å². The van der Waals surface area contributed by atoms with Crippen molar-refractivity contribution in [3.05, 3.63) is 144 Å². The molecule has 4 aromatic heterocycles. The van der Waals surface area contributed by atoms with E-state index >= 15 is 0 Å². The average Bonchev–Trinajstić information content (AvgIpc) is 1.68. The van der Waals surface area contributed by atoms with Gasteiger partial charge in [0.1, 0.15) is 0 Å². The van der Waals surface area contributed by atoms with Crippen LogP contribution in [0.15, 0.2) is 121 Å². The van der Waals surface area contributed by atoms with Crippen LogP contribution in [0.1, 0.15) is 60.2 Å². The van der Waals surface area contributed by atoms with Crippen LogP contribution in [0.2, 0.25) is 51.4 Å². The summed E-state index contributed by atoms with van der Waals surface area (Å²) in [6.07, 6.45) is 1.33. The molecule has 0 saturated heterocycles. The van der Waals surface area contributed by atoms with Crippen molar-refractivity contribution in [3.63, 3.8) is 0 Å². The van der Waals surface area contributed by atoms with Crippen molar-refractivity contribution in [1.82, 2.24) is 74.5 Å². The molecule has 4 heterocycles. The molecule has 0 fully saturated rings. The van der Waals surface area contributed by atoms with Gasteiger partial charge in [-0.2, -0.15) is 0 Å². The van der Waals surface area contributed by atoms with Crippen molar-refractivity contribution in [2.45, 2.75) is 130 Å². The van der Waals surface area contributed by atoms with E-state index in [1.165, 1.54) is 53.5 Å². The highest BCUT2D eigenvalue weighted by Gasteiger charge is 2.20. The maximum Gasteiger partial charge on any atom is 0.423 e. The third-order valence-corrected chi connectivity index (χ3v) is 20.9. The number of nitrogens with zero attached hydrogens (tertiary/aromatic N) is 12. The first-order chi connectivity index (χ1) is 51.4. The van der Waals surface area contributed by atoms with Gasteiger partial charge in [0, 0.05) is 178 Å². The number of fused-ring (bicyclic) bond motifs is 4. The van der Waals surface area contributed by atoms with Crippen molar-refractivity contribution in [1.29, 1.82) is 0 Å². The number of aldehydes is 1. The number of carboxylic acid groups (broad SMARTS) is 1. The summed E-state index contributed by atoms with van der Waals surface area (Å²) in [4.78, 5) is 78.0. The number of carboxylic acids is 1. The molecular weight excluding hydrogens is 1420 g/mol. The number of carbonyl (C=O) groups is 7. The van der Waals surface area contributed by atoms with Crippen molar-refractivity contribution in [2.24, 2.45) is 0 Å². The molecule has 0 saturated carbocycles. The third-order valence-electron chi connectivity index (χ3n) is 17.5. The number of hydrogen-bond donors (Lipinski definition) is 4. The van der Waals surface area contributed by atoms with Crippen LogP contribution in [-0.4, -0.2) is 262 Å². The zero-order valence-corrected chi connectivity index (χ0v) is 71.7. The minimum Gasteiger partial charge on any atom is -0.481 e. The van der Waals surface area contributed by atoms with E-state index in [4.69, 9.17) is 24.1 Å². The van der Waals surface area contributed by atoms with E-state index in [0.29, 0.717) is 57.9 Å². The summed E-state index contributed by atoms with van der Waals surface area (Å²) in [5.41, 5.74) is 13.8. The van der Waals surface area contributed by atoms with Gasteiger partial charge in [0.2, 0.25) is 0 Å². The topological polar surface area (TPSA) is 268 Å². The fourth-order valence-electron chi connectivity index (χ4n) is 10.1. The number of aryl methyl sites for hydroxylation is 4. The number of amides is 2. The first kappa shape index (κ1) is 96.3. The fourth-order valence-corrected chi connectivity index (χ4v) is 11.5. The zero-order chi connectivity index (χ0) is 82.1. The summed E-state index contributed by atoms with van der Waals surface area (Å²) < 4.78 is 32.5. The summed E-state index contributed by atoms with van der Waals surface area (Å²) in [7, 11) is 28.7. The molecule has 4 aromatic carbocycles. The minimum atomic E-state index is -1.09. The minimum absolute atomic E-state index is 0.136. The molecule has 0 bridgehead atoms. The Labute approximate surface area is 649 Å². The summed E-state index contributed by atoms with van der Waals surface area (Å²) in [6.45, 7) is 22.3. The number of benzene rings is 4. The van der Waals surface area contributed by atoms with Crippen molar-refractivity contribution >= 4 is 102 Å². The number of esters is 3. The number of carbonyl (C=O) groups excluding carboxylic acids is 6. The Balaban J connectivity index is 0.000000444. The molecule has 30 heteroatoms. The van der Waals surface area contributed by atoms with E-state index in [0.717, 1.165) is 83.1 Å². The molecule has 0 atom stereocenters. The fraction of sp³-hybridized carbons (Fsp3) is 0.506. The number of aliphatic carboxylic acids is 1. The largest absolute Gasteiger partial charge is 0.481 e. The van der Waals surface area contributed by atoms with Crippen LogP contribution in [0.3, 0.4) is 0 Å². The molecule has 28 nitrogen and oxygen atoms in total. The highest BCUT2D eigenvalue weighted by molar-refractivity contribution is 6.76. The molecule has 8 rings (SSSR count). The second kappa shape index (κ2) is 50.1. The van der Waals surface area contributed by atoms with Gasteiger partial charge < -0.3 is 52.4 Å². The number of hydrazine groups is 5. The van der Waals surface area contributed by atoms with Crippen LogP contribution in [-0.2, 0) is 88.7 Å². The maximum atomic E-state index is 11.4. The predicted octanol–water partition coefficient (Wildman–Crippen LogP) is 11.5. The lowest BCUT2D eigenvalue weighted by Gasteiger charge is -2.24.